The standard InChI is InChI=1S/C20H24N2O4/c23-20(21-11-14-7-8-24-12-14)19-10-18(26-22-19)13-25-17-6-5-15-3-1-2-4-16(15)9-17/h5-6,9-10,14H,1-4,7-8,11-13H2,(H,21,23). The van der Waals surface area contributed by atoms with Crippen LogP contribution in [0, 0.1) is 5.92 Å². The van der Waals surface area contributed by atoms with Gasteiger partial charge in [0.1, 0.15) is 12.4 Å². The maximum atomic E-state index is 12.1. The largest absolute Gasteiger partial charge is 0.486 e. The number of aromatic nitrogens is 1. The third kappa shape index (κ3) is 4.07. The zero-order valence-electron chi connectivity index (χ0n) is 14.8. The molecule has 1 atom stereocenters. The third-order valence-electron chi connectivity index (χ3n) is 5.07. The van der Waals surface area contributed by atoms with Crippen molar-refractivity contribution in [3.8, 4) is 5.75 Å². The second-order valence-electron chi connectivity index (χ2n) is 7.04. The number of benzene rings is 1. The van der Waals surface area contributed by atoms with Gasteiger partial charge in [-0.25, -0.2) is 0 Å². The molecule has 0 bridgehead atoms. The molecule has 1 aliphatic carbocycles. The number of amides is 1. The van der Waals surface area contributed by atoms with Crippen LogP contribution in [0.25, 0.3) is 0 Å². The molecule has 2 aromatic rings. The lowest BCUT2D eigenvalue weighted by atomic mass is 9.92. The molecule has 2 heterocycles. The molecule has 1 aliphatic heterocycles. The minimum Gasteiger partial charge on any atom is -0.486 e. The van der Waals surface area contributed by atoms with Gasteiger partial charge >= 0.3 is 0 Å². The number of aryl methyl sites for hydroxylation is 2. The molecule has 0 saturated carbocycles. The van der Waals surface area contributed by atoms with Crippen LogP contribution in [-0.4, -0.2) is 30.8 Å². The molecule has 0 radical (unpaired) electrons. The Morgan fingerprint density at radius 1 is 1.23 bits per heavy atom. The van der Waals surface area contributed by atoms with Crippen LogP contribution >= 0.6 is 0 Å². The average Bonchev–Trinajstić information content (AvgIpc) is 3.36. The van der Waals surface area contributed by atoms with Gasteiger partial charge in [-0.05, 0) is 55.4 Å². The zero-order valence-corrected chi connectivity index (χ0v) is 14.8. The zero-order chi connectivity index (χ0) is 17.8. The summed E-state index contributed by atoms with van der Waals surface area (Å²) < 4.78 is 16.3. The molecule has 26 heavy (non-hydrogen) atoms. The summed E-state index contributed by atoms with van der Waals surface area (Å²) in [5.74, 6) is 1.53. The van der Waals surface area contributed by atoms with Crippen LogP contribution in [0.5, 0.6) is 5.75 Å². The van der Waals surface area contributed by atoms with Gasteiger partial charge in [-0.1, -0.05) is 11.2 Å². The number of carbonyl (C=O) groups is 1. The van der Waals surface area contributed by atoms with E-state index in [-0.39, 0.29) is 18.2 Å². The van der Waals surface area contributed by atoms with Crippen LogP contribution in [0.4, 0.5) is 0 Å². The number of fused-ring (bicyclic) bond motifs is 1. The highest BCUT2D eigenvalue weighted by Gasteiger charge is 2.18. The number of nitrogens with zero attached hydrogens (tertiary/aromatic N) is 1. The van der Waals surface area contributed by atoms with Crippen molar-refractivity contribution in [3.63, 3.8) is 0 Å². The third-order valence-corrected chi connectivity index (χ3v) is 5.07. The highest BCUT2D eigenvalue weighted by molar-refractivity contribution is 5.92. The lowest BCUT2D eigenvalue weighted by molar-refractivity contribution is 0.0935. The normalized spacial score (nSPS) is 19.2. The van der Waals surface area contributed by atoms with E-state index in [1.54, 1.807) is 6.07 Å². The van der Waals surface area contributed by atoms with E-state index < -0.39 is 0 Å². The predicted molar refractivity (Wildman–Crippen MR) is 95.2 cm³/mol. The predicted octanol–water partition coefficient (Wildman–Crippen LogP) is 2.90. The van der Waals surface area contributed by atoms with Crippen LogP contribution in [0.3, 0.4) is 0 Å². The van der Waals surface area contributed by atoms with Gasteiger partial charge in [0.15, 0.2) is 11.5 Å². The van der Waals surface area contributed by atoms with Gasteiger partial charge in [0.05, 0.1) is 6.61 Å². The van der Waals surface area contributed by atoms with E-state index in [1.165, 1.54) is 24.0 Å². The van der Waals surface area contributed by atoms with Crippen LogP contribution in [-0.2, 0) is 24.2 Å². The Hall–Kier alpha value is -2.34. The molecule has 1 saturated heterocycles. The summed E-state index contributed by atoms with van der Waals surface area (Å²) in [6.45, 7) is 2.34. The summed E-state index contributed by atoms with van der Waals surface area (Å²) in [5.41, 5.74) is 3.09. The highest BCUT2D eigenvalue weighted by Crippen LogP contribution is 2.25. The van der Waals surface area contributed by atoms with Crippen molar-refractivity contribution in [2.45, 2.75) is 38.7 Å². The van der Waals surface area contributed by atoms with Crippen molar-refractivity contribution in [3.05, 3.63) is 46.8 Å². The van der Waals surface area contributed by atoms with Crippen molar-refractivity contribution in [1.82, 2.24) is 10.5 Å². The average molecular weight is 356 g/mol. The van der Waals surface area contributed by atoms with E-state index in [0.717, 1.165) is 31.6 Å². The Balaban J connectivity index is 1.29. The monoisotopic (exact) mass is 356 g/mol. The lowest BCUT2D eigenvalue weighted by Crippen LogP contribution is -2.29. The van der Waals surface area contributed by atoms with E-state index in [9.17, 15) is 4.79 Å². The molecule has 138 valence electrons. The first-order valence-corrected chi connectivity index (χ1v) is 9.34. The van der Waals surface area contributed by atoms with E-state index in [0.29, 0.717) is 24.8 Å². The van der Waals surface area contributed by atoms with E-state index >= 15 is 0 Å². The Bertz CT molecular complexity index is 765. The summed E-state index contributed by atoms with van der Waals surface area (Å²) in [7, 11) is 0. The fourth-order valence-corrected chi connectivity index (χ4v) is 3.51. The van der Waals surface area contributed by atoms with Gasteiger partial charge in [-0.2, -0.15) is 0 Å². The molecule has 1 amide bonds. The first kappa shape index (κ1) is 17.1. The van der Waals surface area contributed by atoms with E-state index in [1.807, 2.05) is 6.07 Å². The van der Waals surface area contributed by atoms with E-state index in [2.05, 4.69) is 22.6 Å². The highest BCUT2D eigenvalue weighted by atomic mass is 16.5. The summed E-state index contributed by atoms with van der Waals surface area (Å²) in [5, 5.41) is 6.73. The Morgan fingerprint density at radius 3 is 2.96 bits per heavy atom. The number of ether oxygens (including phenoxy) is 2. The van der Waals surface area contributed by atoms with Gasteiger partial charge in [0.25, 0.3) is 5.91 Å². The van der Waals surface area contributed by atoms with Crippen LogP contribution < -0.4 is 10.1 Å². The topological polar surface area (TPSA) is 73.6 Å². The minimum atomic E-state index is -0.222. The Kier molecular flexibility index (Phi) is 5.20. The van der Waals surface area contributed by atoms with Gasteiger partial charge in [0, 0.05) is 25.1 Å². The first-order chi connectivity index (χ1) is 12.8. The molecule has 4 rings (SSSR count). The maximum Gasteiger partial charge on any atom is 0.273 e. The number of hydrogen-bond donors (Lipinski definition) is 1. The van der Waals surface area contributed by atoms with Crippen molar-refractivity contribution in [1.29, 1.82) is 0 Å². The van der Waals surface area contributed by atoms with Gasteiger partial charge in [-0.3, -0.25) is 4.79 Å². The smallest absolute Gasteiger partial charge is 0.273 e. The molecule has 1 aromatic heterocycles. The molecule has 1 unspecified atom stereocenters. The summed E-state index contributed by atoms with van der Waals surface area (Å²) >= 11 is 0. The van der Waals surface area contributed by atoms with Gasteiger partial charge in [0.2, 0.25) is 0 Å². The van der Waals surface area contributed by atoms with Crippen LogP contribution in [0.1, 0.15) is 46.6 Å². The molecule has 1 fully saturated rings. The number of rotatable bonds is 6. The van der Waals surface area contributed by atoms with Crippen LogP contribution in [0.15, 0.2) is 28.8 Å². The summed E-state index contributed by atoms with van der Waals surface area (Å²) in [6, 6.07) is 7.90. The lowest BCUT2D eigenvalue weighted by Gasteiger charge is -2.16. The van der Waals surface area contributed by atoms with Crippen molar-refractivity contribution < 1.29 is 18.8 Å². The van der Waals surface area contributed by atoms with Crippen molar-refractivity contribution in [2.24, 2.45) is 5.92 Å². The summed E-state index contributed by atoms with van der Waals surface area (Å²) in [4.78, 5) is 12.1. The molecule has 1 N–H and O–H groups in total. The Labute approximate surface area is 152 Å². The van der Waals surface area contributed by atoms with Gasteiger partial charge < -0.3 is 19.3 Å². The Morgan fingerprint density at radius 2 is 2.12 bits per heavy atom. The van der Waals surface area contributed by atoms with Crippen molar-refractivity contribution in [2.75, 3.05) is 19.8 Å². The van der Waals surface area contributed by atoms with E-state index in [4.69, 9.17) is 14.0 Å². The molecule has 2 aliphatic rings. The van der Waals surface area contributed by atoms with Gasteiger partial charge in [-0.15, -0.1) is 0 Å². The van der Waals surface area contributed by atoms with Crippen molar-refractivity contribution >= 4 is 5.91 Å². The SMILES string of the molecule is O=C(NCC1CCOC1)c1cc(COc2ccc3c(c2)CCCC3)on1. The number of nitrogens with one attached hydrogen (secondary N) is 1. The second kappa shape index (κ2) is 7.91. The minimum absolute atomic E-state index is 0.222. The molecule has 0 spiro atoms. The maximum absolute atomic E-state index is 12.1. The first-order valence-electron chi connectivity index (χ1n) is 9.34. The fourth-order valence-electron chi connectivity index (χ4n) is 3.51. The quantitative estimate of drug-likeness (QED) is 0.861. The number of carbonyl (C=O) groups excluding carboxylic acids is 1. The molecular formula is C20H24N2O4. The van der Waals surface area contributed by atoms with Crippen LogP contribution in [0.2, 0.25) is 0 Å². The number of hydrogen-bond acceptors (Lipinski definition) is 5. The molecule has 6 nitrogen and oxygen atoms in total. The molecular weight excluding hydrogens is 332 g/mol. The molecule has 6 heteroatoms. The second-order valence-corrected chi connectivity index (χ2v) is 7.04. The fraction of sp³-hybridized carbons (Fsp3) is 0.500. The molecule has 1 aromatic carbocycles. The summed E-state index contributed by atoms with van der Waals surface area (Å²) in [6.07, 6.45) is 5.77.